The molecular weight excluding hydrogens is 377 g/mol. The fourth-order valence-corrected chi connectivity index (χ4v) is 1.97. The van der Waals surface area contributed by atoms with Gasteiger partial charge < -0.3 is 14.9 Å². The van der Waals surface area contributed by atoms with Crippen LogP contribution >= 0.6 is 22.6 Å². The van der Waals surface area contributed by atoms with Gasteiger partial charge in [0.2, 0.25) is 3.70 Å². The average molecular weight is 386 g/mol. The van der Waals surface area contributed by atoms with Crippen molar-refractivity contribution in [3.8, 4) is 0 Å². The van der Waals surface area contributed by atoms with E-state index in [-0.39, 0.29) is 15.9 Å². The molecular formula is C10H9F2IN2O4. The van der Waals surface area contributed by atoms with Crippen LogP contribution in [-0.2, 0) is 16.0 Å². The number of nitrogens with zero attached hydrogens (tertiary/aromatic N) is 2. The van der Waals surface area contributed by atoms with Crippen molar-refractivity contribution < 1.29 is 23.2 Å². The highest BCUT2D eigenvalue weighted by molar-refractivity contribution is 14.1. The lowest BCUT2D eigenvalue weighted by atomic mass is 10.1. The van der Waals surface area contributed by atoms with Crippen LogP contribution in [0.5, 0.6) is 0 Å². The molecule has 0 N–H and O–H groups in total. The van der Waals surface area contributed by atoms with Crippen LogP contribution in [0.3, 0.4) is 0 Å². The average Bonchev–Trinajstić information content (AvgIpc) is 2.30. The fourth-order valence-electron chi connectivity index (χ4n) is 1.35. The first-order chi connectivity index (χ1) is 8.86. The number of hydrogen-bond donors (Lipinski definition) is 0. The highest BCUT2D eigenvalue weighted by Gasteiger charge is 2.26. The van der Waals surface area contributed by atoms with Crippen molar-refractivity contribution in [1.82, 2.24) is 4.98 Å². The minimum atomic E-state index is -2.82. The van der Waals surface area contributed by atoms with Crippen molar-refractivity contribution in [3.05, 3.63) is 31.0 Å². The van der Waals surface area contributed by atoms with Crippen LogP contribution in [0, 0.1) is 13.8 Å². The number of pyridine rings is 1. The molecule has 1 rings (SSSR count). The minimum Gasteiger partial charge on any atom is -0.466 e. The molecule has 19 heavy (non-hydrogen) atoms. The van der Waals surface area contributed by atoms with E-state index >= 15 is 0 Å². The second kappa shape index (κ2) is 6.68. The van der Waals surface area contributed by atoms with E-state index in [1.54, 1.807) is 6.92 Å². The molecule has 104 valence electrons. The van der Waals surface area contributed by atoms with Gasteiger partial charge in [0.25, 0.3) is 6.43 Å². The molecule has 1 heterocycles. The molecule has 0 bridgehead atoms. The van der Waals surface area contributed by atoms with Gasteiger partial charge >= 0.3 is 11.8 Å². The largest absolute Gasteiger partial charge is 0.466 e. The molecule has 6 nitrogen and oxygen atoms in total. The Morgan fingerprint density at radius 3 is 2.74 bits per heavy atom. The lowest BCUT2D eigenvalue weighted by molar-refractivity contribution is -0.390. The van der Waals surface area contributed by atoms with E-state index in [0.29, 0.717) is 0 Å². The van der Waals surface area contributed by atoms with E-state index in [1.165, 1.54) is 22.6 Å². The lowest BCUT2D eigenvalue weighted by Crippen LogP contribution is -2.11. The molecule has 0 aliphatic heterocycles. The number of alkyl halides is 2. The molecule has 1 aromatic heterocycles. The zero-order valence-corrected chi connectivity index (χ0v) is 11.9. The summed E-state index contributed by atoms with van der Waals surface area (Å²) in [6, 6.07) is 0.925. The number of ether oxygens (including phenoxy) is 1. The molecule has 0 radical (unpaired) electrons. The summed E-state index contributed by atoms with van der Waals surface area (Å²) in [5.41, 5.74) is -0.621. The van der Waals surface area contributed by atoms with Gasteiger partial charge in [-0.2, -0.15) is 0 Å². The van der Waals surface area contributed by atoms with Crippen molar-refractivity contribution in [2.45, 2.75) is 19.8 Å². The molecule has 1 aromatic rings. The molecule has 0 atom stereocenters. The Morgan fingerprint density at radius 2 is 2.26 bits per heavy atom. The number of halogens is 3. The van der Waals surface area contributed by atoms with Crippen LogP contribution in [0.15, 0.2) is 6.07 Å². The number of hydrogen-bond acceptors (Lipinski definition) is 5. The van der Waals surface area contributed by atoms with Crippen LogP contribution in [0.1, 0.15) is 24.5 Å². The summed E-state index contributed by atoms with van der Waals surface area (Å²) in [6.45, 7) is 1.68. The maximum absolute atomic E-state index is 12.7. The number of esters is 1. The van der Waals surface area contributed by atoms with Crippen LogP contribution in [0.25, 0.3) is 0 Å². The molecule has 0 unspecified atom stereocenters. The maximum atomic E-state index is 12.7. The molecule has 9 heteroatoms. The number of rotatable bonds is 5. The van der Waals surface area contributed by atoms with E-state index in [1.807, 2.05) is 0 Å². The number of carbonyl (C=O) groups is 1. The zero-order chi connectivity index (χ0) is 14.6. The highest BCUT2D eigenvalue weighted by Crippen LogP contribution is 2.28. The summed E-state index contributed by atoms with van der Waals surface area (Å²) in [6.07, 6.45) is -3.28. The van der Waals surface area contributed by atoms with Crippen LogP contribution in [0.2, 0.25) is 0 Å². The Kier molecular flexibility index (Phi) is 5.51. The quantitative estimate of drug-likeness (QED) is 0.256. The Bertz CT molecular complexity index is 511. The highest BCUT2D eigenvalue weighted by atomic mass is 127. The Balaban J connectivity index is 3.21. The van der Waals surface area contributed by atoms with Gasteiger partial charge in [-0.1, -0.05) is 0 Å². The summed E-state index contributed by atoms with van der Waals surface area (Å²) >= 11 is 1.49. The van der Waals surface area contributed by atoms with Crippen LogP contribution in [-0.4, -0.2) is 22.5 Å². The van der Waals surface area contributed by atoms with Gasteiger partial charge in [0.05, 0.1) is 24.2 Å². The lowest BCUT2D eigenvalue weighted by Gasteiger charge is -2.06. The van der Waals surface area contributed by atoms with Crippen molar-refractivity contribution >= 4 is 34.4 Å². The summed E-state index contributed by atoms with van der Waals surface area (Å²) in [5.74, 6) is -1.34. The van der Waals surface area contributed by atoms with Crippen molar-refractivity contribution in [2.24, 2.45) is 0 Å². The monoisotopic (exact) mass is 386 g/mol. The second-order valence-corrected chi connectivity index (χ2v) is 4.41. The van der Waals surface area contributed by atoms with E-state index < -0.39 is 35.1 Å². The summed E-state index contributed by atoms with van der Waals surface area (Å²) < 4.78 is 29.9. The topological polar surface area (TPSA) is 82.3 Å². The van der Waals surface area contributed by atoms with E-state index in [9.17, 15) is 23.7 Å². The predicted octanol–water partition coefficient (Wildman–Crippen LogP) is 2.64. The first-order valence-corrected chi connectivity index (χ1v) is 6.22. The van der Waals surface area contributed by atoms with Gasteiger partial charge in [0.15, 0.2) is 0 Å². The zero-order valence-electron chi connectivity index (χ0n) is 9.73. The molecule has 0 amide bonds. The smallest absolute Gasteiger partial charge is 0.368 e. The summed E-state index contributed by atoms with van der Waals surface area (Å²) in [5, 5.41) is 10.8. The second-order valence-electron chi connectivity index (χ2n) is 3.39. The molecule has 0 aliphatic rings. The van der Waals surface area contributed by atoms with Crippen LogP contribution < -0.4 is 0 Å². The number of carbonyl (C=O) groups excluding carboxylic acids is 1. The summed E-state index contributed by atoms with van der Waals surface area (Å²) in [7, 11) is 0. The number of nitro groups is 1. The normalized spacial score (nSPS) is 10.6. The van der Waals surface area contributed by atoms with Gasteiger partial charge in [-0.25, -0.2) is 8.78 Å². The van der Waals surface area contributed by atoms with Gasteiger partial charge in [-0.3, -0.25) is 4.79 Å². The third kappa shape index (κ3) is 4.04. The van der Waals surface area contributed by atoms with E-state index in [0.717, 1.165) is 6.07 Å². The third-order valence-electron chi connectivity index (χ3n) is 2.11. The van der Waals surface area contributed by atoms with E-state index in [2.05, 4.69) is 9.72 Å². The summed E-state index contributed by atoms with van der Waals surface area (Å²) in [4.78, 5) is 24.8. The molecule has 0 spiro atoms. The Labute approximate surface area is 120 Å². The Hall–Kier alpha value is -1.39. The van der Waals surface area contributed by atoms with Gasteiger partial charge in [-0.05, 0) is 22.9 Å². The van der Waals surface area contributed by atoms with Crippen molar-refractivity contribution in [2.75, 3.05) is 6.61 Å². The SMILES string of the molecule is CCOC(=O)Cc1cc(C(F)F)c(I)nc1[N+](=O)[O-]. The third-order valence-corrected chi connectivity index (χ3v) is 2.97. The first-order valence-electron chi connectivity index (χ1n) is 5.14. The molecule has 0 saturated carbocycles. The molecule has 0 aromatic carbocycles. The van der Waals surface area contributed by atoms with Crippen molar-refractivity contribution in [1.29, 1.82) is 0 Å². The van der Waals surface area contributed by atoms with Crippen LogP contribution in [0.4, 0.5) is 14.6 Å². The fraction of sp³-hybridized carbons (Fsp3) is 0.400. The van der Waals surface area contributed by atoms with Gasteiger partial charge in [0, 0.05) is 22.6 Å². The molecule has 0 aliphatic carbocycles. The number of aromatic nitrogens is 1. The van der Waals surface area contributed by atoms with Gasteiger partial charge in [0.1, 0.15) is 0 Å². The van der Waals surface area contributed by atoms with Crippen molar-refractivity contribution in [3.63, 3.8) is 0 Å². The van der Waals surface area contributed by atoms with E-state index in [4.69, 9.17) is 0 Å². The maximum Gasteiger partial charge on any atom is 0.368 e. The van der Waals surface area contributed by atoms with Gasteiger partial charge in [-0.15, -0.1) is 0 Å². The Morgan fingerprint density at radius 1 is 1.63 bits per heavy atom. The standard InChI is InChI=1S/C10H9F2IN2O4/c1-2-19-7(16)4-5-3-6(8(11)12)9(13)14-10(5)15(17)18/h3,8H,2,4H2,1H3. The first kappa shape index (κ1) is 15.7. The molecule has 0 fully saturated rings. The molecule has 0 saturated heterocycles. The predicted molar refractivity (Wildman–Crippen MR) is 68.9 cm³/mol. The minimum absolute atomic E-state index is 0.103.